The van der Waals surface area contributed by atoms with E-state index in [0.29, 0.717) is 29.2 Å². The van der Waals surface area contributed by atoms with Crippen LogP contribution in [0.5, 0.6) is 0 Å². The van der Waals surface area contributed by atoms with E-state index in [1.54, 1.807) is 0 Å². The van der Waals surface area contributed by atoms with Crippen molar-refractivity contribution in [1.29, 1.82) is 0 Å². The monoisotopic (exact) mass is 266 g/mol. The minimum absolute atomic E-state index is 0.318. The van der Waals surface area contributed by atoms with Gasteiger partial charge in [-0.15, -0.1) is 0 Å². The molecule has 0 aromatic rings. The van der Waals surface area contributed by atoms with Gasteiger partial charge in [-0.1, -0.05) is 27.7 Å². The van der Waals surface area contributed by atoms with Gasteiger partial charge in [-0.05, 0) is 36.5 Å². The Hall–Kier alpha value is -0.570. The van der Waals surface area contributed by atoms with Gasteiger partial charge in [-0.2, -0.15) is 0 Å². The maximum absolute atomic E-state index is 12.5. The topological polar surface area (TPSA) is 32.3 Å². The van der Waals surface area contributed by atoms with Gasteiger partial charge in [-0.25, -0.2) is 0 Å². The van der Waals surface area contributed by atoms with Gasteiger partial charge in [0, 0.05) is 32.1 Å². The van der Waals surface area contributed by atoms with E-state index in [4.69, 9.17) is 0 Å². The van der Waals surface area contributed by atoms with Gasteiger partial charge >= 0.3 is 0 Å². The molecule has 0 aromatic heterocycles. The third-order valence-electron chi connectivity index (χ3n) is 4.48. The van der Waals surface area contributed by atoms with Gasteiger partial charge in [-0.3, -0.25) is 4.79 Å². The van der Waals surface area contributed by atoms with Crippen molar-refractivity contribution < 1.29 is 4.79 Å². The summed E-state index contributed by atoms with van der Waals surface area (Å²) in [7, 11) is 0. The number of carbonyl (C=O) groups is 1. The lowest BCUT2D eigenvalue weighted by Crippen LogP contribution is -2.48. The van der Waals surface area contributed by atoms with Crippen molar-refractivity contribution in [2.24, 2.45) is 17.3 Å². The summed E-state index contributed by atoms with van der Waals surface area (Å²) in [6.45, 7) is 12.1. The van der Waals surface area contributed by atoms with Crippen LogP contribution in [0.4, 0.5) is 0 Å². The minimum Gasteiger partial charge on any atom is -0.338 e. The van der Waals surface area contributed by atoms with Crippen LogP contribution in [0.15, 0.2) is 0 Å². The second-order valence-electron chi connectivity index (χ2n) is 7.79. The van der Waals surface area contributed by atoms with Gasteiger partial charge < -0.3 is 10.2 Å². The third-order valence-corrected chi connectivity index (χ3v) is 4.48. The first kappa shape index (κ1) is 14.8. The molecular formula is C16H30N2O. The van der Waals surface area contributed by atoms with Crippen molar-refractivity contribution in [3.8, 4) is 0 Å². The largest absolute Gasteiger partial charge is 0.338 e. The number of carbonyl (C=O) groups excluding carboxylic acids is 1. The van der Waals surface area contributed by atoms with E-state index in [0.717, 1.165) is 32.5 Å². The zero-order valence-electron chi connectivity index (χ0n) is 13.0. The molecule has 3 unspecified atom stereocenters. The number of piperidine rings is 1. The van der Waals surface area contributed by atoms with Crippen molar-refractivity contribution in [2.75, 3.05) is 19.6 Å². The molecule has 2 saturated heterocycles. The molecule has 0 spiro atoms. The van der Waals surface area contributed by atoms with E-state index in [-0.39, 0.29) is 0 Å². The highest BCUT2D eigenvalue weighted by atomic mass is 16.2. The van der Waals surface area contributed by atoms with Crippen LogP contribution in [0.1, 0.15) is 53.4 Å². The molecule has 2 aliphatic heterocycles. The maximum atomic E-state index is 12.5. The predicted octanol–water partition coefficient (Wildman–Crippen LogP) is 2.66. The molecule has 3 atom stereocenters. The van der Waals surface area contributed by atoms with Gasteiger partial charge in [0.15, 0.2) is 0 Å². The Bertz CT molecular complexity index is 321. The Morgan fingerprint density at radius 1 is 1.37 bits per heavy atom. The smallest absolute Gasteiger partial charge is 0.223 e. The first-order chi connectivity index (χ1) is 8.87. The molecule has 1 amide bonds. The van der Waals surface area contributed by atoms with E-state index in [2.05, 4.69) is 37.9 Å². The highest BCUT2D eigenvalue weighted by Crippen LogP contribution is 2.30. The summed E-state index contributed by atoms with van der Waals surface area (Å²) in [6, 6.07) is 0.475. The van der Waals surface area contributed by atoms with Gasteiger partial charge in [0.1, 0.15) is 0 Å². The van der Waals surface area contributed by atoms with Crippen molar-refractivity contribution >= 4 is 5.91 Å². The SMILES string of the molecule is CC(CC(=O)N1CCCC2CNCC21)CC(C)(C)C. The number of rotatable bonds is 3. The van der Waals surface area contributed by atoms with Crippen LogP contribution in [0.2, 0.25) is 0 Å². The first-order valence-corrected chi connectivity index (χ1v) is 7.87. The number of nitrogens with zero attached hydrogens (tertiary/aromatic N) is 1. The summed E-state index contributed by atoms with van der Waals surface area (Å²) >= 11 is 0. The Labute approximate surface area is 118 Å². The summed E-state index contributed by atoms with van der Waals surface area (Å²) in [5.74, 6) is 1.58. The van der Waals surface area contributed by atoms with Crippen LogP contribution < -0.4 is 5.32 Å². The molecule has 0 aliphatic carbocycles. The maximum Gasteiger partial charge on any atom is 0.223 e. The molecule has 0 saturated carbocycles. The first-order valence-electron chi connectivity index (χ1n) is 7.87. The summed E-state index contributed by atoms with van der Waals surface area (Å²) in [6.07, 6.45) is 4.32. The lowest BCUT2D eigenvalue weighted by atomic mass is 9.83. The average Bonchev–Trinajstić information content (AvgIpc) is 2.73. The van der Waals surface area contributed by atoms with Crippen molar-refractivity contribution in [2.45, 2.75) is 59.4 Å². The molecule has 110 valence electrons. The molecule has 0 bridgehead atoms. The fraction of sp³-hybridized carbons (Fsp3) is 0.938. The Morgan fingerprint density at radius 3 is 2.79 bits per heavy atom. The zero-order chi connectivity index (χ0) is 14.0. The average molecular weight is 266 g/mol. The van der Waals surface area contributed by atoms with Crippen LogP contribution in [0.25, 0.3) is 0 Å². The molecule has 19 heavy (non-hydrogen) atoms. The molecule has 0 radical (unpaired) electrons. The molecular weight excluding hydrogens is 236 g/mol. The Kier molecular flexibility index (Phi) is 4.54. The standard InChI is InChI=1S/C16H30N2O/c1-12(9-16(2,3)4)8-15(19)18-7-5-6-13-10-17-11-14(13)18/h12-14,17H,5-11H2,1-4H3. The van der Waals surface area contributed by atoms with Gasteiger partial charge in [0.25, 0.3) is 0 Å². The van der Waals surface area contributed by atoms with Crippen LogP contribution in [-0.4, -0.2) is 36.5 Å². The Morgan fingerprint density at radius 2 is 2.11 bits per heavy atom. The summed E-state index contributed by atoms with van der Waals surface area (Å²) in [4.78, 5) is 14.7. The molecule has 2 rings (SSSR count). The quantitative estimate of drug-likeness (QED) is 0.852. The van der Waals surface area contributed by atoms with Crippen molar-refractivity contribution in [3.63, 3.8) is 0 Å². The van der Waals surface area contributed by atoms with E-state index in [9.17, 15) is 4.79 Å². The second-order valence-corrected chi connectivity index (χ2v) is 7.79. The molecule has 3 nitrogen and oxygen atoms in total. The lowest BCUT2D eigenvalue weighted by molar-refractivity contribution is -0.136. The van der Waals surface area contributed by atoms with E-state index >= 15 is 0 Å². The fourth-order valence-electron chi connectivity index (χ4n) is 3.91. The van der Waals surface area contributed by atoms with Crippen LogP contribution in [-0.2, 0) is 4.79 Å². The number of amides is 1. The van der Waals surface area contributed by atoms with Crippen LogP contribution >= 0.6 is 0 Å². The molecule has 0 aromatic carbocycles. The van der Waals surface area contributed by atoms with E-state index in [1.165, 1.54) is 12.8 Å². The van der Waals surface area contributed by atoms with Crippen LogP contribution in [0.3, 0.4) is 0 Å². The highest BCUT2D eigenvalue weighted by molar-refractivity contribution is 5.77. The minimum atomic E-state index is 0.318. The summed E-state index contributed by atoms with van der Waals surface area (Å²) in [5.41, 5.74) is 0.318. The lowest BCUT2D eigenvalue weighted by Gasteiger charge is -2.38. The van der Waals surface area contributed by atoms with E-state index in [1.807, 2.05) is 0 Å². The van der Waals surface area contributed by atoms with E-state index < -0.39 is 0 Å². The third kappa shape index (κ3) is 3.95. The predicted molar refractivity (Wildman–Crippen MR) is 78.9 cm³/mol. The highest BCUT2D eigenvalue weighted by Gasteiger charge is 2.37. The van der Waals surface area contributed by atoms with Crippen molar-refractivity contribution in [1.82, 2.24) is 10.2 Å². The molecule has 3 heteroatoms. The molecule has 2 heterocycles. The molecule has 2 aliphatic rings. The number of hydrogen-bond donors (Lipinski definition) is 1. The summed E-state index contributed by atoms with van der Waals surface area (Å²) < 4.78 is 0. The number of likely N-dealkylation sites (tertiary alicyclic amines) is 1. The second kappa shape index (κ2) is 5.82. The van der Waals surface area contributed by atoms with Gasteiger partial charge in [0.05, 0.1) is 0 Å². The summed E-state index contributed by atoms with van der Waals surface area (Å²) in [5, 5.41) is 3.45. The fourth-order valence-corrected chi connectivity index (χ4v) is 3.91. The van der Waals surface area contributed by atoms with Crippen molar-refractivity contribution in [3.05, 3.63) is 0 Å². The molecule has 1 N–H and O–H groups in total. The normalized spacial score (nSPS) is 29.2. The molecule has 2 fully saturated rings. The number of hydrogen-bond acceptors (Lipinski definition) is 2. The van der Waals surface area contributed by atoms with Crippen LogP contribution in [0, 0.1) is 17.3 Å². The number of fused-ring (bicyclic) bond motifs is 1. The number of nitrogens with one attached hydrogen (secondary N) is 1. The Balaban J connectivity index is 1.88. The van der Waals surface area contributed by atoms with Gasteiger partial charge in [0.2, 0.25) is 5.91 Å². The zero-order valence-corrected chi connectivity index (χ0v) is 13.0.